The van der Waals surface area contributed by atoms with Gasteiger partial charge in [-0.05, 0) is 25.0 Å². The van der Waals surface area contributed by atoms with Crippen molar-refractivity contribution in [2.75, 3.05) is 0 Å². The maximum absolute atomic E-state index is 10.4. The lowest BCUT2D eigenvalue weighted by Crippen LogP contribution is -2.15. The summed E-state index contributed by atoms with van der Waals surface area (Å²) in [7, 11) is 0. The summed E-state index contributed by atoms with van der Waals surface area (Å²) in [6.07, 6.45) is 1.94. The van der Waals surface area contributed by atoms with E-state index in [9.17, 15) is 4.79 Å². The summed E-state index contributed by atoms with van der Waals surface area (Å²) >= 11 is 5.75. The Bertz CT molecular complexity index is 368. The SMILES string of the molecule is Cc1cc(Cl)cnc1C(N)CCC(=O)O. The number of nitrogens with zero attached hydrogens (tertiary/aromatic N) is 1. The zero-order valence-corrected chi connectivity index (χ0v) is 9.16. The first-order valence-corrected chi connectivity index (χ1v) is 4.98. The highest BCUT2D eigenvalue weighted by molar-refractivity contribution is 6.30. The molecule has 1 atom stereocenters. The van der Waals surface area contributed by atoms with Crippen molar-refractivity contribution in [3.05, 3.63) is 28.5 Å². The zero-order chi connectivity index (χ0) is 11.4. The third-order valence-electron chi connectivity index (χ3n) is 2.11. The summed E-state index contributed by atoms with van der Waals surface area (Å²) in [5.74, 6) is -0.850. The first kappa shape index (κ1) is 11.9. The molecule has 0 aromatic carbocycles. The standard InChI is InChI=1S/C10H13ClN2O2/c1-6-4-7(11)5-13-10(6)8(12)2-3-9(14)15/h4-5,8H,2-3,12H2,1H3,(H,14,15). The number of hydrogen-bond acceptors (Lipinski definition) is 3. The van der Waals surface area contributed by atoms with Crippen LogP contribution in [0.1, 0.15) is 30.1 Å². The molecule has 0 bridgehead atoms. The van der Waals surface area contributed by atoms with Gasteiger partial charge in [-0.3, -0.25) is 9.78 Å². The van der Waals surface area contributed by atoms with Crippen molar-refractivity contribution in [2.45, 2.75) is 25.8 Å². The second-order valence-electron chi connectivity index (χ2n) is 3.39. The fourth-order valence-corrected chi connectivity index (χ4v) is 1.57. The van der Waals surface area contributed by atoms with Crippen LogP contribution in [0.5, 0.6) is 0 Å². The predicted molar refractivity (Wildman–Crippen MR) is 57.8 cm³/mol. The molecule has 1 aromatic rings. The molecule has 1 rings (SSSR count). The van der Waals surface area contributed by atoms with Crippen molar-refractivity contribution >= 4 is 17.6 Å². The van der Waals surface area contributed by atoms with Crippen LogP contribution < -0.4 is 5.73 Å². The largest absolute Gasteiger partial charge is 0.481 e. The summed E-state index contributed by atoms with van der Waals surface area (Å²) in [5.41, 5.74) is 7.42. The van der Waals surface area contributed by atoms with Crippen molar-refractivity contribution in [2.24, 2.45) is 5.73 Å². The van der Waals surface area contributed by atoms with Crippen molar-refractivity contribution in [1.82, 2.24) is 4.98 Å². The molecule has 0 saturated carbocycles. The average molecular weight is 229 g/mol. The molecular weight excluding hydrogens is 216 g/mol. The zero-order valence-electron chi connectivity index (χ0n) is 8.40. The minimum atomic E-state index is -0.850. The summed E-state index contributed by atoms with van der Waals surface area (Å²) < 4.78 is 0. The summed E-state index contributed by atoms with van der Waals surface area (Å²) in [6, 6.07) is 1.42. The fraction of sp³-hybridized carbons (Fsp3) is 0.400. The van der Waals surface area contributed by atoms with Crippen LogP contribution in [-0.2, 0) is 4.79 Å². The summed E-state index contributed by atoms with van der Waals surface area (Å²) in [4.78, 5) is 14.5. The van der Waals surface area contributed by atoms with Gasteiger partial charge in [0.15, 0.2) is 0 Å². The Morgan fingerprint density at radius 1 is 1.73 bits per heavy atom. The fourth-order valence-electron chi connectivity index (χ4n) is 1.35. The Kier molecular flexibility index (Phi) is 4.05. The quantitative estimate of drug-likeness (QED) is 0.825. The third-order valence-corrected chi connectivity index (χ3v) is 2.31. The van der Waals surface area contributed by atoms with Gasteiger partial charge in [0.05, 0.1) is 10.7 Å². The molecule has 82 valence electrons. The van der Waals surface area contributed by atoms with Crippen LogP contribution >= 0.6 is 11.6 Å². The van der Waals surface area contributed by atoms with E-state index < -0.39 is 5.97 Å². The van der Waals surface area contributed by atoms with E-state index in [0.717, 1.165) is 5.56 Å². The lowest BCUT2D eigenvalue weighted by Gasteiger charge is -2.12. The maximum atomic E-state index is 10.4. The first-order chi connectivity index (χ1) is 7.00. The summed E-state index contributed by atoms with van der Waals surface area (Å²) in [5, 5.41) is 9.08. The third kappa shape index (κ3) is 3.49. The molecule has 5 heteroatoms. The van der Waals surface area contributed by atoms with Gasteiger partial charge in [-0.2, -0.15) is 0 Å². The van der Waals surface area contributed by atoms with Crippen molar-refractivity contribution in [3.8, 4) is 0 Å². The highest BCUT2D eigenvalue weighted by Gasteiger charge is 2.12. The molecular formula is C10H13ClN2O2. The average Bonchev–Trinajstić information content (AvgIpc) is 2.14. The number of hydrogen-bond donors (Lipinski definition) is 2. The van der Waals surface area contributed by atoms with Gasteiger partial charge >= 0.3 is 5.97 Å². The first-order valence-electron chi connectivity index (χ1n) is 4.60. The number of rotatable bonds is 4. The van der Waals surface area contributed by atoms with E-state index in [2.05, 4.69) is 4.98 Å². The number of carbonyl (C=O) groups is 1. The second-order valence-corrected chi connectivity index (χ2v) is 3.83. The van der Waals surface area contributed by atoms with E-state index >= 15 is 0 Å². The van der Waals surface area contributed by atoms with E-state index in [-0.39, 0.29) is 12.5 Å². The molecule has 0 aliphatic carbocycles. The highest BCUT2D eigenvalue weighted by atomic mass is 35.5. The minimum absolute atomic E-state index is 0.0465. The molecule has 0 saturated heterocycles. The lowest BCUT2D eigenvalue weighted by molar-refractivity contribution is -0.137. The van der Waals surface area contributed by atoms with Gasteiger partial charge in [0.1, 0.15) is 0 Å². The van der Waals surface area contributed by atoms with E-state index in [1.807, 2.05) is 6.92 Å². The predicted octanol–water partition coefficient (Wildman–Crippen LogP) is 1.91. The molecule has 0 aliphatic rings. The molecule has 15 heavy (non-hydrogen) atoms. The van der Waals surface area contributed by atoms with Crippen LogP contribution in [-0.4, -0.2) is 16.1 Å². The number of aryl methyl sites for hydroxylation is 1. The van der Waals surface area contributed by atoms with Crippen LogP contribution in [0.25, 0.3) is 0 Å². The van der Waals surface area contributed by atoms with Gasteiger partial charge in [-0.1, -0.05) is 11.6 Å². The van der Waals surface area contributed by atoms with Gasteiger partial charge in [0, 0.05) is 18.7 Å². The Morgan fingerprint density at radius 2 is 2.40 bits per heavy atom. The number of aromatic nitrogens is 1. The lowest BCUT2D eigenvalue weighted by atomic mass is 10.0. The monoisotopic (exact) mass is 228 g/mol. The Hall–Kier alpha value is -1.13. The van der Waals surface area contributed by atoms with Crippen LogP contribution in [0.15, 0.2) is 12.3 Å². The van der Waals surface area contributed by atoms with Gasteiger partial charge in [-0.15, -0.1) is 0 Å². The Morgan fingerprint density at radius 3 is 2.93 bits per heavy atom. The Labute approximate surface area is 93.1 Å². The number of nitrogens with two attached hydrogens (primary N) is 1. The van der Waals surface area contributed by atoms with Crippen LogP contribution in [0.2, 0.25) is 5.02 Å². The minimum Gasteiger partial charge on any atom is -0.481 e. The molecule has 0 aliphatic heterocycles. The number of pyridine rings is 1. The van der Waals surface area contributed by atoms with E-state index in [0.29, 0.717) is 17.1 Å². The van der Waals surface area contributed by atoms with Crippen LogP contribution in [0, 0.1) is 6.92 Å². The van der Waals surface area contributed by atoms with E-state index in [4.69, 9.17) is 22.4 Å². The molecule has 1 aromatic heterocycles. The molecule has 3 N–H and O–H groups in total. The molecule has 0 spiro atoms. The van der Waals surface area contributed by atoms with E-state index in [1.54, 1.807) is 6.07 Å². The number of carboxylic acids is 1. The number of carboxylic acid groups (broad SMARTS) is 1. The van der Waals surface area contributed by atoms with E-state index in [1.165, 1.54) is 6.20 Å². The Balaban J connectivity index is 2.73. The maximum Gasteiger partial charge on any atom is 0.303 e. The van der Waals surface area contributed by atoms with Crippen molar-refractivity contribution < 1.29 is 9.90 Å². The molecule has 0 fully saturated rings. The van der Waals surface area contributed by atoms with Gasteiger partial charge in [-0.25, -0.2) is 0 Å². The number of halogens is 1. The smallest absolute Gasteiger partial charge is 0.303 e. The van der Waals surface area contributed by atoms with Gasteiger partial charge in [0.2, 0.25) is 0 Å². The van der Waals surface area contributed by atoms with Crippen LogP contribution in [0.4, 0.5) is 0 Å². The molecule has 0 radical (unpaired) electrons. The highest BCUT2D eigenvalue weighted by Crippen LogP contribution is 2.20. The topological polar surface area (TPSA) is 76.2 Å². The molecule has 1 unspecified atom stereocenters. The van der Waals surface area contributed by atoms with Gasteiger partial charge < -0.3 is 10.8 Å². The van der Waals surface area contributed by atoms with Crippen molar-refractivity contribution in [3.63, 3.8) is 0 Å². The number of aliphatic carboxylic acids is 1. The van der Waals surface area contributed by atoms with Crippen LogP contribution in [0.3, 0.4) is 0 Å². The molecule has 0 amide bonds. The normalized spacial score (nSPS) is 12.5. The summed E-state index contributed by atoms with van der Waals surface area (Å²) in [6.45, 7) is 1.86. The molecule has 4 nitrogen and oxygen atoms in total. The second kappa shape index (κ2) is 5.09. The van der Waals surface area contributed by atoms with Gasteiger partial charge in [0.25, 0.3) is 0 Å². The van der Waals surface area contributed by atoms with Crippen molar-refractivity contribution in [1.29, 1.82) is 0 Å². The molecule has 1 heterocycles.